The highest BCUT2D eigenvalue weighted by Crippen LogP contribution is 2.62. The molecule has 1 aliphatic heterocycles. The summed E-state index contributed by atoms with van der Waals surface area (Å²) >= 11 is 0. The van der Waals surface area contributed by atoms with E-state index >= 15 is 0 Å². The highest BCUT2D eigenvalue weighted by Gasteiger charge is 2.50. The van der Waals surface area contributed by atoms with Crippen LogP contribution in [0.3, 0.4) is 0 Å². The maximum Gasteiger partial charge on any atom is 0.132 e. The van der Waals surface area contributed by atoms with Crippen LogP contribution >= 0.6 is 0 Å². The van der Waals surface area contributed by atoms with E-state index in [2.05, 4.69) is 168 Å². The molecule has 7 aromatic carbocycles. The van der Waals surface area contributed by atoms with Crippen LogP contribution in [0.2, 0.25) is 0 Å². The third kappa shape index (κ3) is 3.23. The maximum absolute atomic E-state index is 6.66. The Kier molecular flexibility index (Phi) is 4.95. The van der Waals surface area contributed by atoms with E-state index in [1.165, 1.54) is 72.0 Å². The van der Waals surface area contributed by atoms with Crippen molar-refractivity contribution in [3.8, 4) is 39.4 Å². The zero-order chi connectivity index (χ0) is 29.5. The number of rotatable bonds is 2. The topological polar surface area (TPSA) is 14.2 Å². The predicted octanol–water partition coefficient (Wildman–Crippen LogP) is 10.9. The SMILES string of the molecule is c1ccc(-n2c3ccccc3c3cc(-c4ccc5c(c4)C4(c6ccccc6O5)c5ccccc5-c5ccccc54)ccc32)cc1. The van der Waals surface area contributed by atoms with Crippen LogP contribution in [0.15, 0.2) is 164 Å². The van der Waals surface area contributed by atoms with Crippen molar-refractivity contribution in [3.05, 3.63) is 186 Å². The van der Waals surface area contributed by atoms with E-state index in [1.54, 1.807) is 0 Å². The van der Waals surface area contributed by atoms with Gasteiger partial charge in [0.15, 0.2) is 0 Å². The van der Waals surface area contributed by atoms with Gasteiger partial charge in [-0.15, -0.1) is 0 Å². The first-order chi connectivity index (χ1) is 22.3. The zero-order valence-electron chi connectivity index (χ0n) is 24.4. The number of nitrogens with zero attached hydrogens (tertiary/aromatic N) is 1. The number of ether oxygens (including phenoxy) is 1. The molecule has 2 heterocycles. The molecule has 1 aliphatic carbocycles. The molecule has 0 saturated carbocycles. The number of hydrogen-bond acceptors (Lipinski definition) is 1. The standard InChI is InChI=1S/C43H27NO/c1-2-12-30(13-3-1)44-39-20-10-6-16-33(39)34-26-28(22-24-40(34)44)29-23-25-42-38(27-29)43(37-19-9-11-21-41(37)45-42)35-17-7-4-14-31(35)32-15-5-8-18-36(32)43/h1-27H. The molecule has 2 nitrogen and oxygen atoms in total. The van der Waals surface area contributed by atoms with Crippen LogP contribution in [0.5, 0.6) is 11.5 Å². The fourth-order valence-electron chi connectivity index (χ4n) is 8.04. The Morgan fingerprint density at radius 3 is 1.78 bits per heavy atom. The molecule has 0 saturated heterocycles. The van der Waals surface area contributed by atoms with E-state index in [4.69, 9.17) is 4.74 Å². The third-order valence-electron chi connectivity index (χ3n) is 9.87. The summed E-state index contributed by atoms with van der Waals surface area (Å²) in [6, 6.07) is 59.4. The minimum absolute atomic E-state index is 0.471. The van der Waals surface area contributed by atoms with Crippen molar-refractivity contribution >= 4 is 21.8 Å². The molecule has 8 aromatic rings. The summed E-state index contributed by atoms with van der Waals surface area (Å²) in [6.07, 6.45) is 0. The molecule has 0 atom stereocenters. The van der Waals surface area contributed by atoms with E-state index in [1.807, 2.05) is 0 Å². The Bertz CT molecular complexity index is 2420. The lowest BCUT2D eigenvalue weighted by Crippen LogP contribution is -2.32. The number of benzene rings is 7. The Balaban J connectivity index is 1.24. The molecule has 0 bridgehead atoms. The van der Waals surface area contributed by atoms with Gasteiger partial charge < -0.3 is 9.30 Å². The minimum atomic E-state index is -0.471. The lowest BCUT2D eigenvalue weighted by molar-refractivity contribution is 0.436. The summed E-state index contributed by atoms with van der Waals surface area (Å²) in [5.74, 6) is 1.82. The van der Waals surface area contributed by atoms with Gasteiger partial charge in [0, 0.05) is 27.6 Å². The fraction of sp³-hybridized carbons (Fsp3) is 0.0233. The third-order valence-corrected chi connectivity index (χ3v) is 9.87. The van der Waals surface area contributed by atoms with Gasteiger partial charge in [-0.2, -0.15) is 0 Å². The van der Waals surface area contributed by atoms with Crippen molar-refractivity contribution in [1.29, 1.82) is 0 Å². The van der Waals surface area contributed by atoms with Gasteiger partial charge in [-0.05, 0) is 81.9 Å². The van der Waals surface area contributed by atoms with Crippen LogP contribution in [0.1, 0.15) is 22.3 Å². The van der Waals surface area contributed by atoms with Crippen molar-refractivity contribution < 1.29 is 4.74 Å². The average molecular weight is 574 g/mol. The van der Waals surface area contributed by atoms with Crippen molar-refractivity contribution in [2.45, 2.75) is 5.41 Å². The lowest BCUT2D eigenvalue weighted by Gasteiger charge is -2.39. The quantitative estimate of drug-likeness (QED) is 0.201. The summed E-state index contributed by atoms with van der Waals surface area (Å²) < 4.78 is 9.03. The van der Waals surface area contributed by atoms with Gasteiger partial charge in [-0.3, -0.25) is 0 Å². The molecule has 1 aromatic heterocycles. The molecular weight excluding hydrogens is 546 g/mol. The Morgan fingerprint density at radius 1 is 0.400 bits per heavy atom. The molecule has 45 heavy (non-hydrogen) atoms. The van der Waals surface area contributed by atoms with Gasteiger partial charge in [0.2, 0.25) is 0 Å². The molecule has 10 rings (SSSR count). The van der Waals surface area contributed by atoms with Crippen LogP contribution in [-0.4, -0.2) is 4.57 Å². The van der Waals surface area contributed by atoms with Crippen LogP contribution in [0.25, 0.3) is 49.7 Å². The van der Waals surface area contributed by atoms with Gasteiger partial charge in [-0.1, -0.05) is 115 Å². The van der Waals surface area contributed by atoms with Crippen LogP contribution in [0, 0.1) is 0 Å². The highest BCUT2D eigenvalue weighted by atomic mass is 16.5. The Morgan fingerprint density at radius 2 is 0.978 bits per heavy atom. The fourth-order valence-corrected chi connectivity index (χ4v) is 8.04. The first-order valence-corrected chi connectivity index (χ1v) is 15.5. The van der Waals surface area contributed by atoms with Crippen LogP contribution in [0.4, 0.5) is 0 Å². The van der Waals surface area contributed by atoms with Crippen molar-refractivity contribution in [2.75, 3.05) is 0 Å². The molecule has 1 spiro atoms. The largest absolute Gasteiger partial charge is 0.457 e. The molecule has 210 valence electrons. The molecule has 0 N–H and O–H groups in total. The van der Waals surface area contributed by atoms with E-state index in [9.17, 15) is 0 Å². The molecule has 0 unspecified atom stereocenters. The van der Waals surface area contributed by atoms with Gasteiger partial charge in [0.1, 0.15) is 11.5 Å². The van der Waals surface area contributed by atoms with Gasteiger partial charge >= 0.3 is 0 Å². The number of fused-ring (bicyclic) bond motifs is 12. The van der Waals surface area contributed by atoms with Crippen molar-refractivity contribution in [3.63, 3.8) is 0 Å². The van der Waals surface area contributed by atoms with E-state index in [-0.39, 0.29) is 0 Å². The first-order valence-electron chi connectivity index (χ1n) is 15.5. The summed E-state index contributed by atoms with van der Waals surface area (Å²) in [5.41, 5.74) is 13.0. The lowest BCUT2D eigenvalue weighted by atomic mass is 9.66. The van der Waals surface area contributed by atoms with E-state index in [0.717, 1.165) is 11.5 Å². The normalized spacial score (nSPS) is 13.7. The van der Waals surface area contributed by atoms with Crippen LogP contribution < -0.4 is 4.74 Å². The number of para-hydroxylation sites is 3. The molecule has 2 aliphatic rings. The van der Waals surface area contributed by atoms with E-state index in [0.29, 0.717) is 0 Å². The first kappa shape index (κ1) is 24.6. The monoisotopic (exact) mass is 573 g/mol. The highest BCUT2D eigenvalue weighted by molar-refractivity contribution is 6.10. The second-order valence-electron chi connectivity index (χ2n) is 12.1. The second-order valence-corrected chi connectivity index (χ2v) is 12.1. The summed E-state index contributed by atoms with van der Waals surface area (Å²) in [5, 5.41) is 2.50. The maximum atomic E-state index is 6.66. The smallest absolute Gasteiger partial charge is 0.132 e. The number of hydrogen-bond donors (Lipinski definition) is 0. The van der Waals surface area contributed by atoms with Crippen molar-refractivity contribution in [1.82, 2.24) is 4.57 Å². The zero-order valence-corrected chi connectivity index (χ0v) is 24.4. The van der Waals surface area contributed by atoms with Gasteiger partial charge in [0.25, 0.3) is 0 Å². The molecule has 0 radical (unpaired) electrons. The number of aromatic nitrogens is 1. The minimum Gasteiger partial charge on any atom is -0.457 e. The van der Waals surface area contributed by atoms with Gasteiger partial charge in [-0.25, -0.2) is 0 Å². The molecule has 2 heteroatoms. The Hall–Kier alpha value is -5.86. The molecule has 0 fully saturated rings. The predicted molar refractivity (Wildman–Crippen MR) is 184 cm³/mol. The van der Waals surface area contributed by atoms with Crippen LogP contribution in [-0.2, 0) is 5.41 Å². The summed E-state index contributed by atoms with van der Waals surface area (Å²) in [7, 11) is 0. The summed E-state index contributed by atoms with van der Waals surface area (Å²) in [4.78, 5) is 0. The summed E-state index contributed by atoms with van der Waals surface area (Å²) in [6.45, 7) is 0. The van der Waals surface area contributed by atoms with E-state index < -0.39 is 5.41 Å². The second kappa shape index (κ2) is 9.07. The molecular formula is C43H27NO. The van der Waals surface area contributed by atoms with Gasteiger partial charge in [0.05, 0.1) is 16.4 Å². The van der Waals surface area contributed by atoms with Crippen molar-refractivity contribution in [2.24, 2.45) is 0 Å². The molecule has 0 amide bonds. The Labute approximate surface area is 261 Å². The average Bonchev–Trinajstić information content (AvgIpc) is 3.60.